The fraction of sp³-hybridized carbons (Fsp3) is 0.280. The van der Waals surface area contributed by atoms with Crippen LogP contribution in [-0.2, 0) is 36.8 Å². The van der Waals surface area contributed by atoms with E-state index in [0.717, 1.165) is 21.3 Å². The number of aliphatic hydroxyl groups excluding tert-OH is 1. The SMILES string of the molecule is [C-]#[N+]C1(NS(=O)(=O)c2cc3c(=O)n(Cc4cnn(C)c4)c(=O)n(Cc4ccc5oc(CO)cc5c4)c3s2)CC1. The molecule has 5 aromatic rings. The molecule has 39 heavy (non-hydrogen) atoms. The van der Waals surface area contributed by atoms with Gasteiger partial charge in [0.05, 0.1) is 37.5 Å². The van der Waals surface area contributed by atoms with Gasteiger partial charge in [-0.15, -0.1) is 16.1 Å². The van der Waals surface area contributed by atoms with Crippen LogP contribution in [0.3, 0.4) is 0 Å². The fourth-order valence-corrected chi connectivity index (χ4v) is 7.29. The molecular formula is C25H22N6O6S2. The van der Waals surface area contributed by atoms with Crippen LogP contribution in [0.25, 0.3) is 26.0 Å². The minimum absolute atomic E-state index is 0.0426. The highest BCUT2D eigenvalue weighted by Gasteiger charge is 2.54. The maximum absolute atomic E-state index is 13.7. The molecule has 4 heterocycles. The summed E-state index contributed by atoms with van der Waals surface area (Å²) in [7, 11) is -2.38. The average Bonchev–Trinajstić information content (AvgIpc) is 3.25. The highest BCUT2D eigenvalue weighted by molar-refractivity contribution is 7.91. The average molecular weight is 567 g/mol. The first-order valence-electron chi connectivity index (χ1n) is 11.9. The predicted octanol–water partition coefficient (Wildman–Crippen LogP) is 1.98. The molecule has 200 valence electrons. The second-order valence-corrected chi connectivity index (χ2v) is 12.5. The van der Waals surface area contributed by atoms with Crippen molar-refractivity contribution in [3.05, 3.63) is 91.9 Å². The third-order valence-corrected chi connectivity index (χ3v) is 9.78. The number of fused-ring (bicyclic) bond motifs is 2. The monoisotopic (exact) mass is 566 g/mol. The number of thiophene rings is 1. The first-order chi connectivity index (χ1) is 18.6. The van der Waals surface area contributed by atoms with Crippen LogP contribution in [-0.4, -0.2) is 38.1 Å². The molecule has 1 aliphatic rings. The topological polar surface area (TPSA) is 146 Å². The molecule has 0 saturated heterocycles. The minimum Gasteiger partial charge on any atom is -0.459 e. The van der Waals surface area contributed by atoms with E-state index in [1.54, 1.807) is 42.3 Å². The van der Waals surface area contributed by atoms with E-state index in [4.69, 9.17) is 11.0 Å². The third kappa shape index (κ3) is 4.49. The Bertz CT molecular complexity index is 2030. The smallest absolute Gasteiger partial charge is 0.332 e. The molecule has 12 nitrogen and oxygen atoms in total. The highest BCUT2D eigenvalue weighted by Crippen LogP contribution is 2.39. The lowest BCUT2D eigenvalue weighted by Gasteiger charge is -2.12. The lowest BCUT2D eigenvalue weighted by molar-refractivity contribution is 0.251. The van der Waals surface area contributed by atoms with Gasteiger partial charge in [-0.05, 0) is 29.8 Å². The zero-order chi connectivity index (χ0) is 27.5. The van der Waals surface area contributed by atoms with Crippen molar-refractivity contribution >= 4 is 42.5 Å². The van der Waals surface area contributed by atoms with E-state index in [-0.39, 0.29) is 34.1 Å². The van der Waals surface area contributed by atoms with Gasteiger partial charge in [-0.2, -0.15) is 5.10 Å². The Balaban J connectivity index is 1.51. The van der Waals surface area contributed by atoms with Crippen LogP contribution in [0.1, 0.15) is 29.7 Å². The predicted molar refractivity (Wildman–Crippen MR) is 143 cm³/mol. The van der Waals surface area contributed by atoms with Crippen LogP contribution in [0.4, 0.5) is 0 Å². The van der Waals surface area contributed by atoms with Gasteiger partial charge in [0.15, 0.2) is 0 Å². The number of aryl methyl sites for hydroxylation is 1. The maximum atomic E-state index is 13.7. The lowest BCUT2D eigenvalue weighted by Crippen LogP contribution is -2.40. The number of hydrogen-bond acceptors (Lipinski definition) is 8. The molecule has 1 fully saturated rings. The van der Waals surface area contributed by atoms with Crippen LogP contribution in [0.15, 0.2) is 60.9 Å². The highest BCUT2D eigenvalue weighted by atomic mass is 32.2. The molecule has 0 bridgehead atoms. The third-order valence-electron chi connectivity index (χ3n) is 6.63. The molecule has 0 radical (unpaired) electrons. The fourth-order valence-electron chi connectivity index (χ4n) is 4.49. The van der Waals surface area contributed by atoms with Crippen LogP contribution in [0.2, 0.25) is 0 Å². The van der Waals surface area contributed by atoms with Gasteiger partial charge in [-0.3, -0.25) is 23.5 Å². The van der Waals surface area contributed by atoms with Crippen LogP contribution >= 0.6 is 11.3 Å². The molecule has 2 N–H and O–H groups in total. The van der Waals surface area contributed by atoms with Crippen LogP contribution < -0.4 is 16.0 Å². The second kappa shape index (κ2) is 9.02. The molecule has 0 unspecified atom stereocenters. The Morgan fingerprint density at radius 1 is 1.18 bits per heavy atom. The maximum Gasteiger partial charge on any atom is 0.332 e. The molecule has 0 spiro atoms. The van der Waals surface area contributed by atoms with Crippen molar-refractivity contribution < 1.29 is 17.9 Å². The summed E-state index contributed by atoms with van der Waals surface area (Å²) in [4.78, 5) is 30.8. The Morgan fingerprint density at radius 3 is 2.62 bits per heavy atom. The van der Waals surface area contributed by atoms with Gasteiger partial charge in [0.1, 0.15) is 27.0 Å². The van der Waals surface area contributed by atoms with E-state index in [1.807, 2.05) is 6.07 Å². The molecule has 14 heteroatoms. The van der Waals surface area contributed by atoms with Gasteiger partial charge >= 0.3 is 5.69 Å². The molecule has 0 atom stereocenters. The van der Waals surface area contributed by atoms with Gasteiger partial charge in [-0.1, -0.05) is 6.07 Å². The van der Waals surface area contributed by atoms with Crippen molar-refractivity contribution in [3.63, 3.8) is 0 Å². The van der Waals surface area contributed by atoms with Gasteiger partial charge in [0.25, 0.3) is 21.2 Å². The number of aromatic nitrogens is 4. The van der Waals surface area contributed by atoms with E-state index in [9.17, 15) is 23.1 Å². The van der Waals surface area contributed by atoms with Gasteiger partial charge < -0.3 is 9.52 Å². The number of rotatable bonds is 8. The van der Waals surface area contributed by atoms with Gasteiger partial charge in [-0.25, -0.2) is 19.8 Å². The summed E-state index contributed by atoms with van der Waals surface area (Å²) in [5.41, 5.74) is -0.440. The number of aliphatic hydroxyl groups is 1. The summed E-state index contributed by atoms with van der Waals surface area (Å²) >= 11 is 0.816. The zero-order valence-electron chi connectivity index (χ0n) is 20.6. The molecule has 0 aliphatic heterocycles. The Kier molecular flexibility index (Phi) is 5.84. The molecule has 4 aromatic heterocycles. The molecule has 1 saturated carbocycles. The number of nitrogens with zero attached hydrogens (tertiary/aromatic N) is 5. The standard InChI is InChI=1S/C25H22N6O6S2/c1-26-25(5-6-25)28-39(35,36)21-9-19-22(33)30(13-16-10-27-29(2)11-16)24(34)31(23(19)38-21)12-15-3-4-20-17(7-15)8-18(14-32)37-20/h3-4,7-11,28,32H,5-6,12-14H2,2H3. The van der Waals surface area contributed by atoms with Crippen molar-refractivity contribution in [2.75, 3.05) is 0 Å². The first kappa shape index (κ1) is 25.3. The number of benzene rings is 1. The van der Waals surface area contributed by atoms with Crippen molar-refractivity contribution in [1.82, 2.24) is 23.6 Å². The van der Waals surface area contributed by atoms with Crippen LogP contribution in [0.5, 0.6) is 0 Å². The van der Waals surface area contributed by atoms with E-state index in [0.29, 0.717) is 35.3 Å². The van der Waals surface area contributed by atoms with E-state index in [1.165, 1.54) is 10.6 Å². The normalized spacial score (nSPS) is 14.7. The number of furan rings is 1. The zero-order valence-corrected chi connectivity index (χ0v) is 22.3. The number of nitrogens with one attached hydrogen (secondary N) is 1. The first-order valence-corrected chi connectivity index (χ1v) is 14.2. The van der Waals surface area contributed by atoms with Crippen molar-refractivity contribution in [2.45, 2.75) is 42.4 Å². The molecular weight excluding hydrogens is 544 g/mol. The lowest BCUT2D eigenvalue weighted by atomic mass is 10.1. The quantitative estimate of drug-likeness (QED) is 0.273. The Labute approximate surface area is 225 Å². The summed E-state index contributed by atoms with van der Waals surface area (Å²) in [5, 5.41) is 14.3. The van der Waals surface area contributed by atoms with E-state index in [2.05, 4.69) is 14.7 Å². The number of hydrogen-bond donors (Lipinski definition) is 2. The Hall–Kier alpha value is -4.03. The van der Waals surface area contributed by atoms with Gasteiger partial charge in [0.2, 0.25) is 0 Å². The molecule has 0 amide bonds. The molecule has 1 aliphatic carbocycles. The molecule has 6 rings (SSSR count). The summed E-state index contributed by atoms with van der Waals surface area (Å²) in [6.45, 7) is 7.08. The second-order valence-electron chi connectivity index (χ2n) is 9.56. The van der Waals surface area contributed by atoms with Crippen LogP contribution in [0, 0.1) is 6.57 Å². The van der Waals surface area contributed by atoms with Crippen molar-refractivity contribution in [2.24, 2.45) is 7.05 Å². The summed E-state index contributed by atoms with van der Waals surface area (Å²) in [5.74, 6) is 0.403. The van der Waals surface area contributed by atoms with E-state index < -0.39 is 26.9 Å². The summed E-state index contributed by atoms with van der Waals surface area (Å²) < 4.78 is 38.2. The number of sulfonamides is 1. The van der Waals surface area contributed by atoms with Crippen molar-refractivity contribution in [1.29, 1.82) is 0 Å². The Morgan fingerprint density at radius 2 is 1.95 bits per heavy atom. The molecule has 1 aromatic carbocycles. The van der Waals surface area contributed by atoms with Crippen molar-refractivity contribution in [3.8, 4) is 0 Å². The summed E-state index contributed by atoms with van der Waals surface area (Å²) in [6, 6.07) is 8.28. The summed E-state index contributed by atoms with van der Waals surface area (Å²) in [6.07, 6.45) is 4.08. The largest absolute Gasteiger partial charge is 0.459 e. The minimum atomic E-state index is -4.10. The van der Waals surface area contributed by atoms with Gasteiger partial charge in [0, 0.05) is 24.2 Å². The van der Waals surface area contributed by atoms with E-state index >= 15 is 0 Å².